The van der Waals surface area contributed by atoms with Crippen LogP contribution < -0.4 is 0 Å². The molecule has 0 radical (unpaired) electrons. The summed E-state index contributed by atoms with van der Waals surface area (Å²) in [6.07, 6.45) is 8.03. The van der Waals surface area contributed by atoms with Gasteiger partial charge in [-0.05, 0) is 32.1 Å². The summed E-state index contributed by atoms with van der Waals surface area (Å²) in [6, 6.07) is 0. The van der Waals surface area contributed by atoms with E-state index >= 15 is 0 Å². The molecule has 0 aromatic carbocycles. The van der Waals surface area contributed by atoms with Gasteiger partial charge < -0.3 is 9.84 Å². The zero-order chi connectivity index (χ0) is 10.7. The van der Waals surface area contributed by atoms with Gasteiger partial charge in [-0.15, -0.1) is 0 Å². The highest BCUT2D eigenvalue weighted by atomic mass is 16.5. The monoisotopic (exact) mass is 212 g/mol. The Morgan fingerprint density at radius 2 is 1.87 bits per heavy atom. The van der Waals surface area contributed by atoms with E-state index in [1.807, 2.05) is 0 Å². The second kappa shape index (κ2) is 4.52. The fourth-order valence-corrected chi connectivity index (χ4v) is 3.03. The van der Waals surface area contributed by atoms with Crippen LogP contribution in [0.4, 0.5) is 0 Å². The van der Waals surface area contributed by atoms with E-state index in [1.165, 1.54) is 6.42 Å². The number of ether oxygens (including phenoxy) is 1. The van der Waals surface area contributed by atoms with Gasteiger partial charge in [0, 0.05) is 6.61 Å². The molecule has 2 aliphatic rings. The van der Waals surface area contributed by atoms with E-state index in [2.05, 4.69) is 0 Å². The number of carbonyl (C=O) groups is 1. The molecule has 1 saturated carbocycles. The summed E-state index contributed by atoms with van der Waals surface area (Å²) in [7, 11) is 0. The SMILES string of the molecule is O=C(O)C1(C2CCCCO2)CCCCC1. The summed E-state index contributed by atoms with van der Waals surface area (Å²) >= 11 is 0. The molecular formula is C12H20O3. The molecule has 1 N–H and O–H groups in total. The maximum atomic E-state index is 11.5. The van der Waals surface area contributed by atoms with Crippen LogP contribution in [0.15, 0.2) is 0 Å². The quantitative estimate of drug-likeness (QED) is 0.765. The number of hydrogen-bond acceptors (Lipinski definition) is 2. The normalized spacial score (nSPS) is 31.1. The molecule has 0 aromatic heterocycles. The van der Waals surface area contributed by atoms with Crippen molar-refractivity contribution in [3.8, 4) is 0 Å². The van der Waals surface area contributed by atoms with Gasteiger partial charge >= 0.3 is 5.97 Å². The Balaban J connectivity index is 2.12. The number of rotatable bonds is 2. The van der Waals surface area contributed by atoms with Crippen LogP contribution in [0.2, 0.25) is 0 Å². The Labute approximate surface area is 90.8 Å². The first-order valence-electron chi connectivity index (χ1n) is 6.11. The highest BCUT2D eigenvalue weighted by Gasteiger charge is 2.47. The van der Waals surface area contributed by atoms with Gasteiger partial charge in [-0.1, -0.05) is 19.3 Å². The van der Waals surface area contributed by atoms with Crippen molar-refractivity contribution in [3.63, 3.8) is 0 Å². The molecule has 0 aromatic rings. The smallest absolute Gasteiger partial charge is 0.312 e. The van der Waals surface area contributed by atoms with Crippen LogP contribution >= 0.6 is 0 Å². The standard InChI is InChI=1S/C12H20O3/c13-11(14)12(7-3-1-4-8-12)10-6-2-5-9-15-10/h10H,1-9H2,(H,13,14). The van der Waals surface area contributed by atoms with Gasteiger partial charge in [-0.3, -0.25) is 4.79 Å². The molecule has 1 aliphatic heterocycles. The maximum Gasteiger partial charge on any atom is 0.312 e. The zero-order valence-electron chi connectivity index (χ0n) is 9.21. The fourth-order valence-electron chi connectivity index (χ4n) is 3.03. The van der Waals surface area contributed by atoms with Gasteiger partial charge in [0.25, 0.3) is 0 Å². The van der Waals surface area contributed by atoms with E-state index in [0.717, 1.165) is 51.6 Å². The minimum absolute atomic E-state index is 0.0240. The summed E-state index contributed by atoms with van der Waals surface area (Å²) < 4.78 is 5.70. The van der Waals surface area contributed by atoms with Gasteiger partial charge in [0.15, 0.2) is 0 Å². The molecule has 0 spiro atoms. The maximum absolute atomic E-state index is 11.5. The van der Waals surface area contributed by atoms with Crippen molar-refractivity contribution in [1.29, 1.82) is 0 Å². The Morgan fingerprint density at radius 3 is 2.40 bits per heavy atom. The fraction of sp³-hybridized carbons (Fsp3) is 0.917. The average Bonchev–Trinajstić information content (AvgIpc) is 2.31. The van der Waals surface area contributed by atoms with Gasteiger partial charge in [-0.25, -0.2) is 0 Å². The lowest BCUT2D eigenvalue weighted by molar-refractivity contribution is -0.167. The predicted molar refractivity (Wildman–Crippen MR) is 56.7 cm³/mol. The van der Waals surface area contributed by atoms with E-state index in [0.29, 0.717) is 0 Å². The molecule has 1 unspecified atom stereocenters. The van der Waals surface area contributed by atoms with Crippen LogP contribution in [-0.4, -0.2) is 23.8 Å². The van der Waals surface area contributed by atoms with Crippen molar-refractivity contribution < 1.29 is 14.6 Å². The van der Waals surface area contributed by atoms with Gasteiger partial charge in [-0.2, -0.15) is 0 Å². The molecular weight excluding hydrogens is 192 g/mol. The van der Waals surface area contributed by atoms with Crippen molar-refractivity contribution in [2.24, 2.45) is 5.41 Å². The summed E-state index contributed by atoms with van der Waals surface area (Å²) in [6.45, 7) is 0.750. The van der Waals surface area contributed by atoms with Gasteiger partial charge in [0.1, 0.15) is 0 Å². The molecule has 86 valence electrons. The molecule has 1 saturated heterocycles. The van der Waals surface area contributed by atoms with Crippen molar-refractivity contribution in [2.75, 3.05) is 6.61 Å². The summed E-state index contributed by atoms with van der Waals surface area (Å²) in [4.78, 5) is 11.5. The summed E-state index contributed by atoms with van der Waals surface area (Å²) in [5.41, 5.74) is -0.557. The third-order valence-electron chi connectivity index (χ3n) is 3.97. The lowest BCUT2D eigenvalue weighted by Crippen LogP contribution is -2.46. The van der Waals surface area contributed by atoms with E-state index in [4.69, 9.17) is 4.74 Å². The topological polar surface area (TPSA) is 46.5 Å². The first kappa shape index (κ1) is 10.9. The summed E-state index contributed by atoms with van der Waals surface area (Å²) in [5.74, 6) is -0.630. The molecule has 3 nitrogen and oxygen atoms in total. The first-order valence-corrected chi connectivity index (χ1v) is 6.11. The zero-order valence-corrected chi connectivity index (χ0v) is 9.21. The second-order valence-electron chi connectivity index (χ2n) is 4.88. The third-order valence-corrected chi connectivity index (χ3v) is 3.97. The molecule has 2 fully saturated rings. The molecule has 2 rings (SSSR count). The number of aliphatic carboxylic acids is 1. The van der Waals surface area contributed by atoms with E-state index in [1.54, 1.807) is 0 Å². The van der Waals surface area contributed by atoms with Crippen LogP contribution in [0.25, 0.3) is 0 Å². The van der Waals surface area contributed by atoms with Crippen LogP contribution in [0.5, 0.6) is 0 Å². The molecule has 1 heterocycles. The second-order valence-corrected chi connectivity index (χ2v) is 4.88. The van der Waals surface area contributed by atoms with Gasteiger partial charge in [0.2, 0.25) is 0 Å². The Hall–Kier alpha value is -0.570. The molecule has 1 atom stereocenters. The van der Waals surface area contributed by atoms with Crippen LogP contribution in [0.3, 0.4) is 0 Å². The van der Waals surface area contributed by atoms with E-state index in [-0.39, 0.29) is 6.10 Å². The van der Waals surface area contributed by atoms with Gasteiger partial charge in [0.05, 0.1) is 11.5 Å². The molecule has 0 bridgehead atoms. The molecule has 15 heavy (non-hydrogen) atoms. The first-order chi connectivity index (χ1) is 7.26. The van der Waals surface area contributed by atoms with E-state index in [9.17, 15) is 9.90 Å². The third kappa shape index (κ3) is 2.03. The van der Waals surface area contributed by atoms with E-state index < -0.39 is 11.4 Å². The number of carboxylic acid groups (broad SMARTS) is 1. The lowest BCUT2D eigenvalue weighted by atomic mass is 9.68. The van der Waals surface area contributed by atoms with Crippen LogP contribution in [-0.2, 0) is 9.53 Å². The van der Waals surface area contributed by atoms with Crippen LogP contribution in [0.1, 0.15) is 51.4 Å². The Morgan fingerprint density at radius 1 is 1.13 bits per heavy atom. The minimum Gasteiger partial charge on any atom is -0.481 e. The Bertz CT molecular complexity index is 225. The highest BCUT2D eigenvalue weighted by molar-refractivity contribution is 5.75. The lowest BCUT2D eigenvalue weighted by Gasteiger charge is -2.41. The predicted octanol–water partition coefficient (Wildman–Crippen LogP) is 2.59. The minimum atomic E-state index is -0.630. The molecule has 0 amide bonds. The Kier molecular flexibility index (Phi) is 3.29. The number of hydrogen-bond donors (Lipinski definition) is 1. The summed E-state index contributed by atoms with van der Waals surface area (Å²) in [5, 5.41) is 9.46. The van der Waals surface area contributed by atoms with Crippen LogP contribution in [0, 0.1) is 5.41 Å². The largest absolute Gasteiger partial charge is 0.481 e. The van der Waals surface area contributed by atoms with Crippen molar-refractivity contribution in [3.05, 3.63) is 0 Å². The molecule has 3 heteroatoms. The highest BCUT2D eigenvalue weighted by Crippen LogP contribution is 2.43. The average molecular weight is 212 g/mol. The van der Waals surface area contributed by atoms with Crippen molar-refractivity contribution >= 4 is 5.97 Å². The van der Waals surface area contributed by atoms with Crippen molar-refractivity contribution in [2.45, 2.75) is 57.5 Å². The molecule has 1 aliphatic carbocycles. The number of carboxylic acids is 1. The van der Waals surface area contributed by atoms with Crippen molar-refractivity contribution in [1.82, 2.24) is 0 Å².